The summed E-state index contributed by atoms with van der Waals surface area (Å²) in [6.45, 7) is 8.63. The van der Waals surface area contributed by atoms with E-state index >= 15 is 0 Å². The summed E-state index contributed by atoms with van der Waals surface area (Å²) in [5.41, 5.74) is 6.42. The van der Waals surface area contributed by atoms with E-state index in [1.807, 2.05) is 7.05 Å². The van der Waals surface area contributed by atoms with Crippen molar-refractivity contribution < 1.29 is 0 Å². The SMILES string of the molecule is C=C(/C=C(C)\C(=C/NC)C1CCCC1)c1ccccc1C. The molecule has 0 radical (unpaired) electrons. The molecule has 0 atom stereocenters. The van der Waals surface area contributed by atoms with E-state index in [1.165, 1.54) is 48.0 Å². The second-order valence-corrected chi connectivity index (χ2v) is 6.04. The Hall–Kier alpha value is -1.76. The molecule has 0 aliphatic heterocycles. The van der Waals surface area contributed by atoms with Crippen LogP contribution in [0.4, 0.5) is 0 Å². The first kappa shape index (κ1) is 15.6. The summed E-state index contributed by atoms with van der Waals surface area (Å²) in [6.07, 6.45) is 9.76. The molecule has 112 valence electrons. The van der Waals surface area contributed by atoms with Crippen LogP contribution in [0.1, 0.15) is 43.7 Å². The average Bonchev–Trinajstić information content (AvgIpc) is 2.98. The Balaban J connectivity index is 2.23. The Kier molecular flexibility index (Phi) is 5.44. The molecule has 0 unspecified atom stereocenters. The first-order chi connectivity index (χ1) is 10.1. The molecule has 0 saturated heterocycles. The van der Waals surface area contributed by atoms with Gasteiger partial charge in [0.2, 0.25) is 0 Å². The molecule has 0 bridgehead atoms. The summed E-state index contributed by atoms with van der Waals surface area (Å²) < 4.78 is 0. The second kappa shape index (κ2) is 7.31. The third-order valence-corrected chi connectivity index (χ3v) is 4.43. The minimum atomic E-state index is 0.707. The molecule has 1 aromatic rings. The van der Waals surface area contributed by atoms with Crippen molar-refractivity contribution in [2.75, 3.05) is 7.05 Å². The standard InChI is InChI=1S/C20H27N/c1-15-9-5-8-12-19(15)16(2)13-17(3)20(14-21-4)18-10-6-7-11-18/h5,8-9,12-14,18,21H,2,6-7,10-11H2,1,3-4H3/b17-13-,20-14+. The number of aryl methyl sites for hydroxylation is 1. The molecular weight excluding hydrogens is 254 g/mol. The fraction of sp³-hybridized carbons (Fsp3) is 0.400. The van der Waals surface area contributed by atoms with Crippen LogP contribution in [-0.2, 0) is 0 Å². The van der Waals surface area contributed by atoms with Gasteiger partial charge in [0.05, 0.1) is 0 Å². The molecule has 2 rings (SSSR count). The van der Waals surface area contributed by atoms with Crippen LogP contribution < -0.4 is 5.32 Å². The van der Waals surface area contributed by atoms with Gasteiger partial charge in [-0.25, -0.2) is 0 Å². The van der Waals surface area contributed by atoms with Crippen LogP contribution >= 0.6 is 0 Å². The molecule has 0 amide bonds. The monoisotopic (exact) mass is 281 g/mol. The zero-order valence-corrected chi connectivity index (χ0v) is 13.6. The minimum absolute atomic E-state index is 0.707. The van der Waals surface area contributed by atoms with Gasteiger partial charge in [-0.1, -0.05) is 49.8 Å². The Bertz CT molecular complexity index is 557. The van der Waals surface area contributed by atoms with Gasteiger partial charge in [0.1, 0.15) is 0 Å². The number of hydrogen-bond donors (Lipinski definition) is 1. The minimum Gasteiger partial charge on any atom is -0.394 e. The number of nitrogens with one attached hydrogen (secondary N) is 1. The van der Waals surface area contributed by atoms with E-state index in [0.717, 1.165) is 5.57 Å². The molecule has 0 aromatic heterocycles. The number of rotatable bonds is 5. The molecule has 1 aliphatic carbocycles. The van der Waals surface area contributed by atoms with Gasteiger partial charge in [-0.15, -0.1) is 0 Å². The molecular formula is C20H27N. The molecule has 0 spiro atoms. The Labute approximate surface area is 129 Å². The highest BCUT2D eigenvalue weighted by Gasteiger charge is 2.20. The van der Waals surface area contributed by atoms with Crippen molar-refractivity contribution in [3.05, 3.63) is 65.4 Å². The largest absolute Gasteiger partial charge is 0.394 e. The van der Waals surface area contributed by atoms with Crippen LogP contribution in [0.3, 0.4) is 0 Å². The maximum atomic E-state index is 4.27. The lowest BCUT2D eigenvalue weighted by Gasteiger charge is -2.16. The van der Waals surface area contributed by atoms with Crippen LogP contribution in [0.2, 0.25) is 0 Å². The summed E-state index contributed by atoms with van der Waals surface area (Å²) in [7, 11) is 1.98. The molecule has 1 saturated carbocycles. The van der Waals surface area contributed by atoms with Crippen LogP contribution in [-0.4, -0.2) is 7.05 Å². The van der Waals surface area contributed by atoms with E-state index in [4.69, 9.17) is 0 Å². The summed E-state index contributed by atoms with van der Waals surface area (Å²) >= 11 is 0. The number of hydrogen-bond acceptors (Lipinski definition) is 1. The maximum Gasteiger partial charge on any atom is 0.00278 e. The summed E-state index contributed by atoms with van der Waals surface area (Å²) in [5, 5.41) is 3.22. The summed E-state index contributed by atoms with van der Waals surface area (Å²) in [5.74, 6) is 0.707. The van der Waals surface area contributed by atoms with Gasteiger partial charge in [0.25, 0.3) is 0 Å². The predicted octanol–water partition coefficient (Wildman–Crippen LogP) is 5.25. The van der Waals surface area contributed by atoms with E-state index in [1.54, 1.807) is 0 Å². The van der Waals surface area contributed by atoms with Gasteiger partial charge in [0, 0.05) is 7.05 Å². The summed E-state index contributed by atoms with van der Waals surface area (Å²) in [6, 6.07) is 8.45. The lowest BCUT2D eigenvalue weighted by molar-refractivity contribution is 0.644. The topological polar surface area (TPSA) is 12.0 Å². The van der Waals surface area contributed by atoms with Crippen LogP contribution in [0, 0.1) is 12.8 Å². The molecule has 1 aromatic carbocycles. The molecule has 21 heavy (non-hydrogen) atoms. The van der Waals surface area contributed by atoms with Gasteiger partial charge in [-0.2, -0.15) is 0 Å². The van der Waals surface area contributed by atoms with Gasteiger partial charge >= 0.3 is 0 Å². The Morgan fingerprint density at radius 2 is 1.90 bits per heavy atom. The molecule has 1 aliphatic rings. The van der Waals surface area contributed by atoms with Gasteiger partial charge in [0.15, 0.2) is 0 Å². The van der Waals surface area contributed by atoms with Gasteiger partial charge < -0.3 is 5.32 Å². The molecule has 0 heterocycles. The second-order valence-electron chi connectivity index (χ2n) is 6.04. The summed E-state index contributed by atoms with van der Waals surface area (Å²) in [4.78, 5) is 0. The molecule has 1 N–H and O–H groups in total. The van der Waals surface area contributed by atoms with Crippen molar-refractivity contribution in [2.45, 2.75) is 39.5 Å². The van der Waals surface area contributed by atoms with Crippen LogP contribution in [0.15, 0.2) is 54.3 Å². The van der Waals surface area contributed by atoms with E-state index in [0.29, 0.717) is 5.92 Å². The van der Waals surface area contributed by atoms with E-state index in [9.17, 15) is 0 Å². The average molecular weight is 281 g/mol. The third-order valence-electron chi connectivity index (χ3n) is 4.43. The van der Waals surface area contributed by atoms with E-state index in [2.05, 4.69) is 62.3 Å². The van der Waals surface area contributed by atoms with Crippen molar-refractivity contribution in [3.8, 4) is 0 Å². The first-order valence-electron chi connectivity index (χ1n) is 7.94. The van der Waals surface area contributed by atoms with Crippen LogP contribution in [0.25, 0.3) is 5.57 Å². The lowest BCUT2D eigenvalue weighted by Crippen LogP contribution is -2.06. The Morgan fingerprint density at radius 3 is 2.52 bits per heavy atom. The molecule has 1 nitrogen and oxygen atoms in total. The molecule has 1 heteroatoms. The van der Waals surface area contributed by atoms with Crippen molar-refractivity contribution in [1.82, 2.24) is 5.32 Å². The van der Waals surface area contributed by atoms with E-state index in [-0.39, 0.29) is 0 Å². The van der Waals surface area contributed by atoms with Crippen molar-refractivity contribution in [1.29, 1.82) is 0 Å². The van der Waals surface area contributed by atoms with Gasteiger partial charge in [-0.3, -0.25) is 0 Å². The van der Waals surface area contributed by atoms with Crippen LogP contribution in [0.5, 0.6) is 0 Å². The molecule has 1 fully saturated rings. The fourth-order valence-corrected chi connectivity index (χ4v) is 3.30. The smallest absolute Gasteiger partial charge is 0.00278 e. The normalized spacial score (nSPS) is 17.1. The highest BCUT2D eigenvalue weighted by Crippen LogP contribution is 2.35. The van der Waals surface area contributed by atoms with Crippen molar-refractivity contribution >= 4 is 5.57 Å². The third kappa shape index (κ3) is 3.87. The maximum absolute atomic E-state index is 4.27. The van der Waals surface area contributed by atoms with E-state index < -0.39 is 0 Å². The zero-order valence-electron chi connectivity index (χ0n) is 13.6. The van der Waals surface area contributed by atoms with Crippen molar-refractivity contribution in [2.24, 2.45) is 5.92 Å². The predicted molar refractivity (Wildman–Crippen MR) is 93.1 cm³/mol. The first-order valence-corrected chi connectivity index (χ1v) is 7.94. The quantitative estimate of drug-likeness (QED) is 0.727. The highest BCUT2D eigenvalue weighted by atomic mass is 14.8. The van der Waals surface area contributed by atoms with Gasteiger partial charge in [-0.05, 0) is 66.7 Å². The van der Waals surface area contributed by atoms with Crippen molar-refractivity contribution in [3.63, 3.8) is 0 Å². The fourth-order valence-electron chi connectivity index (χ4n) is 3.30. The number of allylic oxidation sites excluding steroid dienone is 4. The highest BCUT2D eigenvalue weighted by molar-refractivity contribution is 5.75. The lowest BCUT2D eigenvalue weighted by atomic mass is 9.90. The number of benzene rings is 1. The Morgan fingerprint density at radius 1 is 1.24 bits per heavy atom. The zero-order chi connectivity index (χ0) is 15.2.